The molecule has 0 aliphatic heterocycles. The third-order valence-electron chi connectivity index (χ3n) is 5.64. The van der Waals surface area contributed by atoms with Crippen molar-refractivity contribution in [1.29, 1.82) is 0 Å². The van der Waals surface area contributed by atoms with Crippen molar-refractivity contribution in [3.63, 3.8) is 0 Å². The Morgan fingerprint density at radius 3 is 2.49 bits per heavy atom. The van der Waals surface area contributed by atoms with Crippen molar-refractivity contribution in [3.05, 3.63) is 101 Å². The summed E-state index contributed by atoms with van der Waals surface area (Å²) < 4.78 is 48.3. The number of para-hydroxylation sites is 1. The number of sulfonamides is 1. The number of pyridine rings is 1. The number of nitrogens with two attached hydrogens (primary N) is 1. The van der Waals surface area contributed by atoms with Gasteiger partial charge in [-0.2, -0.15) is 0 Å². The number of methoxy groups -OCH3 is 1. The van der Waals surface area contributed by atoms with Gasteiger partial charge in [0.1, 0.15) is 11.5 Å². The Morgan fingerprint density at radius 2 is 1.76 bits per heavy atom. The Bertz CT molecular complexity index is 1810. The Morgan fingerprint density at radius 1 is 0.973 bits per heavy atom. The van der Waals surface area contributed by atoms with E-state index in [1.807, 2.05) is 6.07 Å². The summed E-state index contributed by atoms with van der Waals surface area (Å²) in [4.78, 5) is 21.7. The lowest BCUT2D eigenvalue weighted by atomic mass is 10.0. The summed E-state index contributed by atoms with van der Waals surface area (Å²) in [7, 11) is -2.79. The Kier molecular flexibility index (Phi) is 6.06. The summed E-state index contributed by atoms with van der Waals surface area (Å²) in [6.45, 7) is 0. The summed E-state index contributed by atoms with van der Waals surface area (Å²) in [5.74, 6) is -0.615. The van der Waals surface area contributed by atoms with Crippen molar-refractivity contribution in [1.82, 2.24) is 14.5 Å². The molecular formula is C26H20FN5O4S. The Labute approximate surface area is 211 Å². The van der Waals surface area contributed by atoms with Gasteiger partial charge in [0.2, 0.25) is 11.8 Å². The highest BCUT2D eigenvalue weighted by atomic mass is 32.2. The lowest BCUT2D eigenvalue weighted by Crippen LogP contribution is -2.23. The molecule has 0 saturated heterocycles. The fourth-order valence-electron chi connectivity index (χ4n) is 3.89. The summed E-state index contributed by atoms with van der Waals surface area (Å²) in [6, 6.07) is 20.1. The van der Waals surface area contributed by atoms with Crippen LogP contribution in [0.1, 0.15) is 0 Å². The third kappa shape index (κ3) is 4.59. The van der Waals surface area contributed by atoms with Gasteiger partial charge >= 0.3 is 0 Å². The van der Waals surface area contributed by atoms with Gasteiger partial charge in [-0.05, 0) is 54.1 Å². The molecule has 9 nitrogen and oxygen atoms in total. The van der Waals surface area contributed by atoms with Crippen LogP contribution in [0.4, 0.5) is 16.0 Å². The van der Waals surface area contributed by atoms with Crippen LogP contribution in [0.15, 0.2) is 94.7 Å². The molecule has 0 saturated carbocycles. The normalized spacial score (nSPS) is 11.4. The first-order valence-corrected chi connectivity index (χ1v) is 12.5. The standard InChI is InChI=1S/C26H20FN5O4S/c1-36-24-23(31-37(34,35)20-9-5-6-18(27)14-20)13-17(15-29-24)16-10-11-22-21(12-16)25(33)32(26(28)30-22)19-7-3-2-4-8-19/h2-15,31H,1H3,(H2,28,30). The predicted molar refractivity (Wildman–Crippen MR) is 139 cm³/mol. The number of nitrogens with one attached hydrogen (secondary N) is 1. The molecule has 37 heavy (non-hydrogen) atoms. The number of nitrogens with zero attached hydrogens (tertiary/aromatic N) is 3. The zero-order valence-electron chi connectivity index (χ0n) is 19.4. The van der Waals surface area contributed by atoms with Crippen molar-refractivity contribution in [3.8, 4) is 22.7 Å². The molecule has 0 radical (unpaired) electrons. The highest BCUT2D eigenvalue weighted by molar-refractivity contribution is 7.92. The van der Waals surface area contributed by atoms with Crippen LogP contribution < -0.4 is 20.8 Å². The van der Waals surface area contributed by atoms with Gasteiger partial charge < -0.3 is 10.5 Å². The molecule has 0 fully saturated rings. The predicted octanol–water partition coefficient (Wildman–Crippen LogP) is 3.98. The van der Waals surface area contributed by atoms with Crippen molar-refractivity contribution < 1.29 is 17.5 Å². The molecule has 0 aliphatic rings. The van der Waals surface area contributed by atoms with E-state index in [1.54, 1.807) is 42.5 Å². The Balaban J connectivity index is 1.60. The van der Waals surface area contributed by atoms with Crippen LogP contribution in [0.2, 0.25) is 0 Å². The number of aromatic nitrogens is 3. The number of nitrogen functional groups attached to an aromatic ring is 1. The topological polar surface area (TPSA) is 129 Å². The van der Waals surface area contributed by atoms with Crippen molar-refractivity contribution in [2.75, 3.05) is 17.6 Å². The van der Waals surface area contributed by atoms with Gasteiger partial charge in [-0.15, -0.1) is 0 Å². The highest BCUT2D eigenvalue weighted by Crippen LogP contribution is 2.31. The first-order valence-electron chi connectivity index (χ1n) is 11.0. The molecule has 186 valence electrons. The van der Waals surface area contributed by atoms with Crippen molar-refractivity contribution >= 4 is 32.6 Å². The number of rotatable bonds is 6. The fourth-order valence-corrected chi connectivity index (χ4v) is 4.97. The molecule has 3 N–H and O–H groups in total. The maximum absolute atomic E-state index is 13.6. The van der Waals surface area contributed by atoms with Crippen LogP contribution in [0.5, 0.6) is 5.88 Å². The number of halogens is 1. The van der Waals surface area contributed by atoms with Crippen molar-refractivity contribution in [2.45, 2.75) is 4.90 Å². The van der Waals surface area contributed by atoms with E-state index >= 15 is 0 Å². The van der Waals surface area contributed by atoms with Gasteiger partial charge in [0, 0.05) is 11.8 Å². The fraction of sp³-hybridized carbons (Fsp3) is 0.0385. The molecular weight excluding hydrogens is 497 g/mol. The SMILES string of the molecule is COc1ncc(-c2ccc3nc(N)n(-c4ccccc4)c(=O)c3c2)cc1NS(=O)(=O)c1cccc(F)c1. The summed E-state index contributed by atoms with van der Waals surface area (Å²) in [6.07, 6.45) is 1.49. The van der Waals surface area contributed by atoms with Gasteiger partial charge in [-0.3, -0.25) is 9.52 Å². The largest absolute Gasteiger partial charge is 0.480 e. The maximum Gasteiger partial charge on any atom is 0.267 e. The van der Waals surface area contributed by atoms with E-state index in [-0.39, 0.29) is 28.0 Å². The minimum Gasteiger partial charge on any atom is -0.480 e. The van der Waals surface area contributed by atoms with E-state index in [4.69, 9.17) is 10.5 Å². The van der Waals surface area contributed by atoms with E-state index in [9.17, 15) is 17.6 Å². The zero-order valence-corrected chi connectivity index (χ0v) is 20.2. The van der Waals surface area contributed by atoms with Crippen LogP contribution in [-0.2, 0) is 10.0 Å². The molecule has 0 atom stereocenters. The monoisotopic (exact) mass is 517 g/mol. The molecule has 11 heteroatoms. The number of ether oxygens (including phenoxy) is 1. The van der Waals surface area contributed by atoms with E-state index in [2.05, 4.69) is 14.7 Å². The number of fused-ring (bicyclic) bond motifs is 1. The van der Waals surface area contributed by atoms with Crippen LogP contribution >= 0.6 is 0 Å². The molecule has 5 rings (SSSR count). The van der Waals surface area contributed by atoms with Gasteiger partial charge in [-0.1, -0.05) is 30.3 Å². The zero-order chi connectivity index (χ0) is 26.2. The number of hydrogen-bond donors (Lipinski definition) is 2. The number of hydrogen-bond acceptors (Lipinski definition) is 7. The first kappa shape index (κ1) is 23.9. The summed E-state index contributed by atoms with van der Waals surface area (Å²) in [5, 5.41) is 0.313. The maximum atomic E-state index is 13.6. The lowest BCUT2D eigenvalue weighted by molar-refractivity contribution is 0.400. The minimum absolute atomic E-state index is 0.0189. The second-order valence-electron chi connectivity index (χ2n) is 8.02. The third-order valence-corrected chi connectivity index (χ3v) is 7.00. The quantitative estimate of drug-likeness (QED) is 0.349. The van der Waals surface area contributed by atoms with Gasteiger partial charge in [0.05, 0.1) is 28.6 Å². The molecule has 0 amide bonds. The van der Waals surface area contributed by atoms with E-state index in [1.165, 1.54) is 36.1 Å². The Hall–Kier alpha value is -4.77. The van der Waals surface area contributed by atoms with Crippen molar-refractivity contribution in [2.24, 2.45) is 0 Å². The number of benzene rings is 3. The average Bonchev–Trinajstić information content (AvgIpc) is 2.89. The first-order chi connectivity index (χ1) is 17.8. The molecule has 5 aromatic rings. The average molecular weight is 518 g/mol. The summed E-state index contributed by atoms with van der Waals surface area (Å²) in [5.41, 5.74) is 7.83. The molecule has 0 aliphatic carbocycles. The molecule has 0 unspecified atom stereocenters. The van der Waals surface area contributed by atoms with E-state index in [0.29, 0.717) is 27.7 Å². The van der Waals surface area contributed by atoms with Crippen LogP contribution in [0.3, 0.4) is 0 Å². The second-order valence-corrected chi connectivity index (χ2v) is 9.70. The molecule has 0 spiro atoms. The van der Waals surface area contributed by atoms with E-state index < -0.39 is 15.8 Å². The molecule has 2 aromatic heterocycles. The second kappa shape index (κ2) is 9.36. The van der Waals surface area contributed by atoms with Gasteiger partial charge in [0.15, 0.2) is 0 Å². The molecule has 3 aromatic carbocycles. The van der Waals surface area contributed by atoms with Crippen LogP contribution in [0, 0.1) is 5.82 Å². The van der Waals surface area contributed by atoms with Gasteiger partial charge in [0.25, 0.3) is 15.6 Å². The van der Waals surface area contributed by atoms with Gasteiger partial charge in [-0.25, -0.2) is 27.3 Å². The van der Waals surface area contributed by atoms with Crippen LogP contribution in [0.25, 0.3) is 27.7 Å². The number of anilines is 2. The smallest absolute Gasteiger partial charge is 0.267 e. The lowest BCUT2D eigenvalue weighted by Gasteiger charge is -2.14. The van der Waals surface area contributed by atoms with Crippen LogP contribution in [-0.4, -0.2) is 30.1 Å². The molecule has 0 bridgehead atoms. The highest BCUT2D eigenvalue weighted by Gasteiger charge is 2.19. The van der Waals surface area contributed by atoms with E-state index in [0.717, 1.165) is 12.1 Å². The molecule has 2 heterocycles. The summed E-state index contributed by atoms with van der Waals surface area (Å²) >= 11 is 0. The minimum atomic E-state index is -4.14.